The summed E-state index contributed by atoms with van der Waals surface area (Å²) in [6, 6.07) is 0.914. The normalized spacial score (nSPS) is 23.4. The molecule has 12 heteroatoms. The molecule has 3 aliphatic rings. The van der Waals surface area contributed by atoms with E-state index in [0.717, 1.165) is 17.9 Å². The van der Waals surface area contributed by atoms with Crippen molar-refractivity contribution in [2.75, 3.05) is 32.7 Å². The van der Waals surface area contributed by atoms with E-state index in [9.17, 15) is 26.3 Å². The minimum absolute atomic E-state index is 0.914. The summed E-state index contributed by atoms with van der Waals surface area (Å²) in [6.45, 7) is 9.16. The Morgan fingerprint density at radius 3 is 1.65 bits per heavy atom. The maximum absolute atomic E-state index is 10.6. The number of carbonyl (C=O) groups is 2. The lowest BCUT2D eigenvalue weighted by molar-refractivity contribution is -0.193. The topological polar surface area (TPSA) is 81.1 Å². The van der Waals surface area contributed by atoms with Crippen molar-refractivity contribution >= 4 is 11.9 Å². The number of carboxylic acid groups (broad SMARTS) is 2. The second-order valence-corrected chi connectivity index (χ2v) is 9.12. The number of hydrogen-bond donors (Lipinski definition) is 2. The lowest BCUT2D eigenvalue weighted by Gasteiger charge is -2.37. The van der Waals surface area contributed by atoms with Crippen molar-refractivity contribution in [3.63, 3.8) is 0 Å². The predicted octanol–water partition coefficient (Wildman–Crippen LogP) is 5.03. The third-order valence-electron chi connectivity index (χ3n) is 6.67. The van der Waals surface area contributed by atoms with Crippen LogP contribution in [-0.4, -0.2) is 83.1 Å². The van der Waals surface area contributed by atoms with E-state index < -0.39 is 24.3 Å². The number of alkyl halides is 6. The average molecular weight is 507 g/mol. The van der Waals surface area contributed by atoms with Crippen molar-refractivity contribution in [1.29, 1.82) is 0 Å². The summed E-state index contributed by atoms with van der Waals surface area (Å²) < 4.78 is 63.5. The van der Waals surface area contributed by atoms with Crippen molar-refractivity contribution in [3.8, 4) is 0 Å². The van der Waals surface area contributed by atoms with Crippen molar-refractivity contribution in [3.05, 3.63) is 0 Å². The molecule has 0 amide bonds. The first-order chi connectivity index (χ1) is 15.8. The summed E-state index contributed by atoms with van der Waals surface area (Å²) in [6.07, 6.45) is 3.10. The van der Waals surface area contributed by atoms with Gasteiger partial charge in [0.25, 0.3) is 0 Å². The highest BCUT2D eigenvalue weighted by Crippen LogP contribution is 2.36. The molecular weight excluding hydrogens is 470 g/mol. The number of halogens is 6. The zero-order valence-corrected chi connectivity index (χ0v) is 19.5. The van der Waals surface area contributed by atoms with Gasteiger partial charge in [0.2, 0.25) is 0 Å². The van der Waals surface area contributed by atoms with Crippen LogP contribution in [0.3, 0.4) is 0 Å². The molecule has 200 valence electrons. The van der Waals surface area contributed by atoms with Gasteiger partial charge in [0.05, 0.1) is 0 Å². The molecule has 6 nitrogen and oxygen atoms in total. The van der Waals surface area contributed by atoms with E-state index in [1.165, 1.54) is 90.5 Å². The molecule has 0 aromatic carbocycles. The standard InChI is InChI=1S/C18H34N2.2C2HF3O2/c1-2-11-19-12-9-18(10-13-19)20-14-8-17(15-20)16-6-4-3-5-7-16;2*3-2(4,5)1(6)7/h16-18H,2-15H2,1H3;2*(H,6,7). The molecule has 0 aromatic rings. The Bertz CT molecular complexity index is 591. The summed E-state index contributed by atoms with van der Waals surface area (Å²) in [5.74, 6) is -3.39. The van der Waals surface area contributed by atoms with E-state index in [2.05, 4.69) is 16.7 Å². The number of nitrogens with zero attached hydrogens (tertiary/aromatic N) is 2. The van der Waals surface area contributed by atoms with Crippen LogP contribution >= 0.6 is 0 Å². The van der Waals surface area contributed by atoms with Crippen LogP contribution in [0.2, 0.25) is 0 Å². The van der Waals surface area contributed by atoms with Crippen molar-refractivity contribution in [2.24, 2.45) is 11.8 Å². The molecule has 1 aliphatic carbocycles. The fraction of sp³-hybridized carbons (Fsp3) is 0.909. The second-order valence-electron chi connectivity index (χ2n) is 9.12. The van der Waals surface area contributed by atoms with Crippen LogP contribution in [0.1, 0.15) is 64.7 Å². The molecule has 1 atom stereocenters. The van der Waals surface area contributed by atoms with Gasteiger partial charge in [-0.3, -0.25) is 4.90 Å². The Morgan fingerprint density at radius 1 is 0.765 bits per heavy atom. The smallest absolute Gasteiger partial charge is 0.475 e. The van der Waals surface area contributed by atoms with Crippen molar-refractivity contribution in [2.45, 2.75) is 83.1 Å². The van der Waals surface area contributed by atoms with Crippen LogP contribution < -0.4 is 0 Å². The van der Waals surface area contributed by atoms with Crippen LogP contribution in [0.4, 0.5) is 26.3 Å². The third kappa shape index (κ3) is 11.2. The molecule has 0 aromatic heterocycles. The lowest BCUT2D eigenvalue weighted by atomic mass is 9.79. The van der Waals surface area contributed by atoms with E-state index in [1.54, 1.807) is 0 Å². The molecule has 2 aliphatic heterocycles. The Kier molecular flexibility index (Phi) is 12.6. The number of likely N-dealkylation sites (tertiary alicyclic amines) is 2. The first-order valence-corrected chi connectivity index (χ1v) is 11.8. The van der Waals surface area contributed by atoms with Gasteiger partial charge < -0.3 is 15.1 Å². The zero-order valence-electron chi connectivity index (χ0n) is 19.5. The second kappa shape index (κ2) is 14.1. The maximum atomic E-state index is 10.6. The minimum atomic E-state index is -5.08. The molecule has 3 rings (SSSR count). The van der Waals surface area contributed by atoms with E-state index >= 15 is 0 Å². The van der Waals surface area contributed by atoms with Crippen LogP contribution in [0.5, 0.6) is 0 Å². The first-order valence-electron chi connectivity index (χ1n) is 11.8. The summed E-state index contributed by atoms with van der Waals surface area (Å²) in [4.78, 5) is 23.3. The fourth-order valence-corrected chi connectivity index (χ4v) is 4.96. The molecule has 3 fully saturated rings. The van der Waals surface area contributed by atoms with E-state index in [1.807, 2.05) is 0 Å². The summed E-state index contributed by atoms with van der Waals surface area (Å²) >= 11 is 0. The first kappa shape index (κ1) is 30.5. The summed E-state index contributed by atoms with van der Waals surface area (Å²) in [5.41, 5.74) is 0. The largest absolute Gasteiger partial charge is 0.490 e. The van der Waals surface area contributed by atoms with Crippen LogP contribution in [0, 0.1) is 11.8 Å². The van der Waals surface area contributed by atoms with E-state index in [4.69, 9.17) is 19.8 Å². The molecule has 0 spiro atoms. The van der Waals surface area contributed by atoms with Gasteiger partial charge in [-0.15, -0.1) is 0 Å². The number of piperidine rings is 1. The Balaban J connectivity index is 0.000000343. The highest BCUT2D eigenvalue weighted by atomic mass is 19.4. The molecule has 1 unspecified atom stereocenters. The maximum Gasteiger partial charge on any atom is 0.490 e. The number of hydrogen-bond acceptors (Lipinski definition) is 4. The summed E-state index contributed by atoms with van der Waals surface area (Å²) in [5, 5.41) is 14.2. The summed E-state index contributed by atoms with van der Waals surface area (Å²) in [7, 11) is 0. The molecule has 34 heavy (non-hydrogen) atoms. The van der Waals surface area contributed by atoms with Gasteiger partial charge in [-0.05, 0) is 63.7 Å². The molecular formula is C22H36F6N2O4. The molecule has 1 saturated carbocycles. The Labute approximate surface area is 196 Å². The monoisotopic (exact) mass is 506 g/mol. The average Bonchev–Trinajstić information content (AvgIpc) is 3.25. The molecule has 0 bridgehead atoms. The third-order valence-corrected chi connectivity index (χ3v) is 6.67. The highest BCUT2D eigenvalue weighted by Gasteiger charge is 2.39. The number of carboxylic acids is 2. The molecule has 0 radical (unpaired) electrons. The highest BCUT2D eigenvalue weighted by molar-refractivity contribution is 5.73. The van der Waals surface area contributed by atoms with E-state index in [0.29, 0.717) is 0 Å². The number of aliphatic carboxylic acids is 2. The minimum Gasteiger partial charge on any atom is -0.475 e. The van der Waals surface area contributed by atoms with Gasteiger partial charge in [0, 0.05) is 12.6 Å². The van der Waals surface area contributed by atoms with Crippen LogP contribution in [-0.2, 0) is 9.59 Å². The fourth-order valence-electron chi connectivity index (χ4n) is 4.96. The Hall–Kier alpha value is -1.56. The van der Waals surface area contributed by atoms with Gasteiger partial charge in [0.1, 0.15) is 0 Å². The predicted molar refractivity (Wildman–Crippen MR) is 113 cm³/mol. The van der Waals surface area contributed by atoms with Gasteiger partial charge in [0.15, 0.2) is 0 Å². The van der Waals surface area contributed by atoms with Crippen LogP contribution in [0.25, 0.3) is 0 Å². The van der Waals surface area contributed by atoms with Crippen molar-refractivity contribution in [1.82, 2.24) is 9.80 Å². The van der Waals surface area contributed by atoms with Crippen molar-refractivity contribution < 1.29 is 46.1 Å². The molecule has 2 N–H and O–H groups in total. The van der Waals surface area contributed by atoms with E-state index in [-0.39, 0.29) is 0 Å². The van der Waals surface area contributed by atoms with Gasteiger partial charge in [-0.25, -0.2) is 9.59 Å². The van der Waals surface area contributed by atoms with Gasteiger partial charge >= 0.3 is 24.3 Å². The Morgan fingerprint density at radius 2 is 1.24 bits per heavy atom. The SMILES string of the molecule is CCCN1CCC(N2CCC(C3CCCCC3)C2)CC1.O=C(O)C(F)(F)F.O=C(O)C(F)(F)F. The van der Waals surface area contributed by atoms with Gasteiger partial charge in [-0.2, -0.15) is 26.3 Å². The van der Waals surface area contributed by atoms with Crippen LogP contribution in [0.15, 0.2) is 0 Å². The quantitative estimate of drug-likeness (QED) is 0.521. The number of rotatable bonds is 4. The van der Waals surface area contributed by atoms with Gasteiger partial charge in [-0.1, -0.05) is 39.0 Å². The zero-order chi connectivity index (χ0) is 25.9. The molecule has 2 saturated heterocycles. The molecule has 2 heterocycles. The lowest BCUT2D eigenvalue weighted by Crippen LogP contribution is -2.44.